The highest BCUT2D eigenvalue weighted by Crippen LogP contribution is 2.45. The molecule has 0 saturated carbocycles. The number of thiazole rings is 1. The number of nitrogens with zero attached hydrogens (tertiary/aromatic N) is 3. The van der Waals surface area contributed by atoms with Crippen LogP contribution in [0.4, 0.5) is 14.5 Å². The molecule has 2 aromatic carbocycles. The van der Waals surface area contributed by atoms with Gasteiger partial charge in [0.25, 0.3) is 10.0 Å². The molecule has 4 aromatic rings. The van der Waals surface area contributed by atoms with Crippen molar-refractivity contribution < 1.29 is 21.9 Å². The predicted octanol–water partition coefficient (Wildman–Crippen LogP) is 6.31. The Morgan fingerprint density at radius 3 is 2.31 bits per heavy atom. The Morgan fingerprint density at radius 2 is 1.69 bits per heavy atom. The molecule has 0 saturated heterocycles. The lowest BCUT2D eigenvalue weighted by Crippen LogP contribution is -2.17. The quantitative estimate of drug-likeness (QED) is 0.283. The topological polar surface area (TPSA) is 94.1 Å². The summed E-state index contributed by atoms with van der Waals surface area (Å²) < 4.78 is 62.2. The predicted molar refractivity (Wildman–Crippen MR) is 136 cm³/mol. The molecule has 0 fully saturated rings. The lowest BCUT2D eigenvalue weighted by molar-refractivity contribution is 0.418. The standard InChI is InChI=1S/C24H21ClF2N4O3S2/c1-24(2,3)22-30-18(20(35-22)17-11-12-28-23(25)29-17)13-7-5-10-16(19(13)34-4)31-36(32,33)21-14(26)8-6-9-15(21)27/h5-12,31H,1-4H3. The van der Waals surface area contributed by atoms with Crippen molar-refractivity contribution in [3.05, 3.63) is 70.6 Å². The molecule has 0 spiro atoms. The maximum atomic E-state index is 14.2. The van der Waals surface area contributed by atoms with Crippen LogP contribution in [0.25, 0.3) is 21.8 Å². The molecule has 36 heavy (non-hydrogen) atoms. The van der Waals surface area contributed by atoms with E-state index in [1.54, 1.807) is 18.2 Å². The Hall–Kier alpha value is -3.15. The summed E-state index contributed by atoms with van der Waals surface area (Å²) >= 11 is 7.44. The number of methoxy groups -OCH3 is 1. The van der Waals surface area contributed by atoms with Crippen LogP contribution in [0.2, 0.25) is 5.28 Å². The van der Waals surface area contributed by atoms with Crippen molar-refractivity contribution in [3.8, 4) is 27.6 Å². The molecule has 0 radical (unpaired) electrons. The molecule has 0 unspecified atom stereocenters. The van der Waals surface area contributed by atoms with E-state index in [0.29, 0.717) is 21.8 Å². The van der Waals surface area contributed by atoms with Crippen LogP contribution in [-0.2, 0) is 15.4 Å². The van der Waals surface area contributed by atoms with Crippen LogP contribution in [0, 0.1) is 11.6 Å². The van der Waals surface area contributed by atoms with Crippen LogP contribution in [-0.4, -0.2) is 30.5 Å². The van der Waals surface area contributed by atoms with Gasteiger partial charge in [-0.05, 0) is 41.9 Å². The first-order valence-electron chi connectivity index (χ1n) is 10.6. The zero-order valence-electron chi connectivity index (χ0n) is 19.6. The van der Waals surface area contributed by atoms with Crippen molar-refractivity contribution in [3.63, 3.8) is 0 Å². The summed E-state index contributed by atoms with van der Waals surface area (Å²) in [4.78, 5) is 12.7. The fourth-order valence-corrected chi connectivity index (χ4v) is 5.87. The van der Waals surface area contributed by atoms with Gasteiger partial charge in [-0.3, -0.25) is 4.72 Å². The number of halogens is 3. The highest BCUT2D eigenvalue weighted by atomic mass is 35.5. The Bertz CT molecular complexity index is 1530. The second-order valence-electron chi connectivity index (χ2n) is 8.70. The molecule has 0 aliphatic heterocycles. The number of aromatic nitrogens is 3. The van der Waals surface area contributed by atoms with Gasteiger partial charge in [0, 0.05) is 17.2 Å². The van der Waals surface area contributed by atoms with E-state index in [0.717, 1.165) is 23.2 Å². The number of hydrogen-bond donors (Lipinski definition) is 1. The fraction of sp³-hybridized carbons (Fsp3) is 0.208. The summed E-state index contributed by atoms with van der Waals surface area (Å²) in [6.45, 7) is 6.03. The number of nitrogens with one attached hydrogen (secondary N) is 1. The number of benzene rings is 2. The van der Waals surface area contributed by atoms with Crippen LogP contribution >= 0.6 is 22.9 Å². The molecule has 7 nitrogen and oxygen atoms in total. The van der Waals surface area contributed by atoms with E-state index in [4.69, 9.17) is 21.3 Å². The molecule has 0 aliphatic carbocycles. The van der Waals surface area contributed by atoms with E-state index in [-0.39, 0.29) is 22.1 Å². The van der Waals surface area contributed by atoms with Gasteiger partial charge in [-0.15, -0.1) is 11.3 Å². The zero-order chi connectivity index (χ0) is 26.3. The normalized spacial score (nSPS) is 12.0. The second kappa shape index (κ2) is 9.72. The highest BCUT2D eigenvalue weighted by Gasteiger charge is 2.28. The van der Waals surface area contributed by atoms with Gasteiger partial charge in [-0.2, -0.15) is 0 Å². The van der Waals surface area contributed by atoms with Crippen molar-refractivity contribution in [1.29, 1.82) is 0 Å². The Kier molecular flexibility index (Phi) is 7.00. The molecule has 4 rings (SSSR count). The van der Waals surface area contributed by atoms with Crippen molar-refractivity contribution in [2.75, 3.05) is 11.8 Å². The third kappa shape index (κ3) is 5.04. The summed E-state index contributed by atoms with van der Waals surface area (Å²) in [6, 6.07) is 9.23. The largest absolute Gasteiger partial charge is 0.494 e. The van der Waals surface area contributed by atoms with E-state index in [2.05, 4.69) is 14.7 Å². The average Bonchev–Trinajstić information content (AvgIpc) is 3.24. The van der Waals surface area contributed by atoms with Crippen LogP contribution < -0.4 is 9.46 Å². The van der Waals surface area contributed by atoms with Crippen LogP contribution in [0.3, 0.4) is 0 Å². The Balaban J connectivity index is 1.89. The number of hydrogen-bond acceptors (Lipinski definition) is 7. The van der Waals surface area contributed by atoms with Crippen molar-refractivity contribution >= 4 is 38.6 Å². The smallest absolute Gasteiger partial charge is 0.267 e. The number of sulfonamides is 1. The summed E-state index contributed by atoms with van der Waals surface area (Å²) in [5.41, 5.74) is 1.13. The zero-order valence-corrected chi connectivity index (χ0v) is 22.0. The summed E-state index contributed by atoms with van der Waals surface area (Å²) in [5.74, 6) is -2.31. The van der Waals surface area contributed by atoms with Gasteiger partial charge in [0.05, 0.1) is 34.1 Å². The minimum atomic E-state index is -4.63. The second-order valence-corrected chi connectivity index (χ2v) is 11.7. The maximum Gasteiger partial charge on any atom is 0.267 e. The van der Waals surface area contributed by atoms with Gasteiger partial charge in [0.15, 0.2) is 10.6 Å². The van der Waals surface area contributed by atoms with Gasteiger partial charge < -0.3 is 4.74 Å². The first kappa shape index (κ1) is 25.9. The molecule has 188 valence electrons. The molecule has 12 heteroatoms. The van der Waals surface area contributed by atoms with Crippen molar-refractivity contribution in [2.45, 2.75) is 31.1 Å². The van der Waals surface area contributed by atoms with Crippen LogP contribution in [0.5, 0.6) is 5.75 Å². The Morgan fingerprint density at radius 1 is 1.03 bits per heavy atom. The molecular weight excluding hydrogens is 530 g/mol. The third-order valence-electron chi connectivity index (χ3n) is 5.03. The molecule has 0 amide bonds. The van der Waals surface area contributed by atoms with E-state index >= 15 is 0 Å². The SMILES string of the molecule is COc1c(NS(=O)(=O)c2c(F)cccc2F)cccc1-c1nc(C(C)(C)C)sc1-c1ccnc(Cl)n1. The van der Waals surface area contributed by atoms with Gasteiger partial charge in [-0.25, -0.2) is 32.2 Å². The lowest BCUT2D eigenvalue weighted by Gasteiger charge is -2.16. The minimum absolute atomic E-state index is 0.0189. The van der Waals surface area contributed by atoms with Gasteiger partial charge in [0.2, 0.25) is 5.28 Å². The summed E-state index contributed by atoms with van der Waals surface area (Å²) in [6.07, 6.45) is 1.52. The molecule has 0 atom stereocenters. The number of ether oxygens (including phenoxy) is 1. The first-order chi connectivity index (χ1) is 16.9. The molecule has 2 aromatic heterocycles. The molecular formula is C24H21ClF2N4O3S2. The molecule has 1 N–H and O–H groups in total. The molecule has 0 aliphatic rings. The number of anilines is 1. The van der Waals surface area contributed by atoms with Gasteiger partial charge in [0.1, 0.15) is 11.6 Å². The molecule has 2 heterocycles. The number of para-hydroxylation sites is 1. The third-order valence-corrected chi connectivity index (χ3v) is 8.14. The number of rotatable bonds is 6. The molecule has 0 bridgehead atoms. The van der Waals surface area contributed by atoms with Gasteiger partial charge >= 0.3 is 0 Å². The van der Waals surface area contributed by atoms with Crippen molar-refractivity contribution in [2.24, 2.45) is 0 Å². The lowest BCUT2D eigenvalue weighted by atomic mass is 9.98. The maximum absolute atomic E-state index is 14.2. The van der Waals surface area contributed by atoms with Crippen molar-refractivity contribution in [1.82, 2.24) is 15.0 Å². The monoisotopic (exact) mass is 550 g/mol. The van der Waals surface area contributed by atoms with E-state index in [9.17, 15) is 17.2 Å². The Labute approximate surface area is 216 Å². The first-order valence-corrected chi connectivity index (χ1v) is 13.2. The minimum Gasteiger partial charge on any atom is -0.494 e. The van der Waals surface area contributed by atoms with E-state index in [1.165, 1.54) is 30.7 Å². The summed E-state index contributed by atoms with van der Waals surface area (Å²) in [5, 5.41) is 0.855. The van der Waals surface area contributed by atoms with E-state index in [1.807, 2.05) is 20.8 Å². The fourth-order valence-electron chi connectivity index (χ4n) is 3.42. The van der Waals surface area contributed by atoms with E-state index < -0.39 is 26.6 Å². The average molecular weight is 551 g/mol. The summed E-state index contributed by atoms with van der Waals surface area (Å²) in [7, 11) is -3.27. The highest BCUT2D eigenvalue weighted by molar-refractivity contribution is 7.92. The van der Waals surface area contributed by atoms with Gasteiger partial charge in [-0.1, -0.05) is 32.9 Å². The van der Waals surface area contributed by atoms with Crippen LogP contribution in [0.15, 0.2) is 53.6 Å². The van der Waals surface area contributed by atoms with Crippen LogP contribution in [0.1, 0.15) is 25.8 Å².